The zero-order valence-electron chi connectivity index (χ0n) is 14.2. The molecule has 1 fully saturated rings. The molecule has 1 aliphatic rings. The average Bonchev–Trinajstić information content (AvgIpc) is 2.89. The Morgan fingerprint density at radius 2 is 1.81 bits per heavy atom. The predicted molar refractivity (Wildman–Crippen MR) is 91.6 cm³/mol. The van der Waals surface area contributed by atoms with Crippen molar-refractivity contribution < 1.29 is 27.6 Å². The molecule has 3 rings (SSSR count). The molecule has 10 nitrogen and oxygen atoms in total. The van der Waals surface area contributed by atoms with Crippen LogP contribution in [-0.2, 0) is 19.0 Å². The highest BCUT2D eigenvalue weighted by molar-refractivity contribution is 7.86. The minimum atomic E-state index is -4.09. The van der Waals surface area contributed by atoms with Gasteiger partial charge in [0.05, 0.1) is 11.5 Å². The van der Waals surface area contributed by atoms with E-state index in [9.17, 15) is 28.2 Å². The number of ether oxygens (including phenoxy) is 1. The van der Waals surface area contributed by atoms with E-state index in [0.717, 1.165) is 22.4 Å². The lowest BCUT2D eigenvalue weighted by atomic mass is 10.1. The lowest BCUT2D eigenvalue weighted by molar-refractivity contribution is -0.0509. The summed E-state index contributed by atoms with van der Waals surface area (Å²) in [6.45, 7) is 1.24. The van der Waals surface area contributed by atoms with Crippen molar-refractivity contribution in [1.29, 1.82) is 0 Å². The Morgan fingerprint density at radius 3 is 2.44 bits per heavy atom. The van der Waals surface area contributed by atoms with E-state index in [-0.39, 0.29) is 4.90 Å². The Kier molecular flexibility index (Phi) is 5.31. The molecule has 11 heteroatoms. The van der Waals surface area contributed by atoms with Crippen molar-refractivity contribution >= 4 is 10.1 Å². The zero-order chi connectivity index (χ0) is 19.8. The third kappa shape index (κ3) is 4.01. The molecular formula is C16H18N2O8S. The largest absolute Gasteiger partial charge is 0.387 e. The van der Waals surface area contributed by atoms with Crippen LogP contribution < -0.4 is 11.2 Å². The van der Waals surface area contributed by atoms with Gasteiger partial charge in [0.15, 0.2) is 6.23 Å². The van der Waals surface area contributed by atoms with Crippen LogP contribution in [0.1, 0.15) is 11.8 Å². The number of hydrogen-bond donors (Lipinski definition) is 3. The van der Waals surface area contributed by atoms with Crippen LogP contribution in [0.2, 0.25) is 0 Å². The minimum Gasteiger partial charge on any atom is -0.387 e. The second-order valence-electron chi connectivity index (χ2n) is 6.12. The minimum absolute atomic E-state index is 0.0606. The Morgan fingerprint density at radius 1 is 1.15 bits per heavy atom. The second-order valence-corrected chi connectivity index (χ2v) is 7.73. The molecule has 0 amide bonds. The number of H-pyrrole nitrogens is 1. The fraction of sp³-hybridized carbons (Fsp3) is 0.375. The molecule has 27 heavy (non-hydrogen) atoms. The van der Waals surface area contributed by atoms with Crippen molar-refractivity contribution in [3.63, 3.8) is 0 Å². The van der Waals surface area contributed by atoms with Crippen LogP contribution in [0, 0.1) is 6.92 Å². The zero-order valence-corrected chi connectivity index (χ0v) is 15.0. The first kappa shape index (κ1) is 19.5. The van der Waals surface area contributed by atoms with Gasteiger partial charge in [-0.25, -0.2) is 4.79 Å². The van der Waals surface area contributed by atoms with Gasteiger partial charge in [-0.15, -0.1) is 0 Å². The van der Waals surface area contributed by atoms with Gasteiger partial charge in [0, 0.05) is 12.3 Å². The highest BCUT2D eigenvalue weighted by Gasteiger charge is 2.44. The molecule has 2 aromatic rings. The summed E-state index contributed by atoms with van der Waals surface area (Å²) in [6.07, 6.45) is -4.43. The smallest absolute Gasteiger partial charge is 0.330 e. The first-order chi connectivity index (χ1) is 12.7. The Balaban J connectivity index is 1.73. The number of rotatable bonds is 5. The molecule has 0 aliphatic carbocycles. The molecule has 1 aromatic carbocycles. The standard InChI is InChI=1S/C16H18N2O8S/c1-9-2-4-10(5-3-9)27(23,24)25-8-11-13(20)14(21)15(26-11)18-7-6-12(19)17-16(18)22/h2-7,11,13-15,20-21H,8H2,1H3,(H,17,19,22). The highest BCUT2D eigenvalue weighted by atomic mass is 32.2. The SMILES string of the molecule is Cc1ccc(S(=O)(=O)OCC2OC(n3ccc(=O)[nH]c3=O)C(O)C2O)cc1. The van der Waals surface area contributed by atoms with Crippen molar-refractivity contribution in [3.8, 4) is 0 Å². The molecular weight excluding hydrogens is 380 g/mol. The average molecular weight is 398 g/mol. The number of hydrogen-bond acceptors (Lipinski definition) is 8. The first-order valence-electron chi connectivity index (χ1n) is 7.98. The first-order valence-corrected chi connectivity index (χ1v) is 9.39. The fourth-order valence-electron chi connectivity index (χ4n) is 2.65. The van der Waals surface area contributed by atoms with Crippen LogP contribution in [-0.4, -0.2) is 53.1 Å². The summed E-state index contributed by atoms with van der Waals surface area (Å²) in [4.78, 5) is 24.9. The maximum atomic E-state index is 12.2. The van der Waals surface area contributed by atoms with Gasteiger partial charge in [0.2, 0.25) is 0 Å². The summed E-state index contributed by atoms with van der Waals surface area (Å²) in [5.74, 6) is 0. The molecule has 0 spiro atoms. The van der Waals surface area contributed by atoms with Gasteiger partial charge >= 0.3 is 5.69 Å². The monoisotopic (exact) mass is 398 g/mol. The number of benzene rings is 1. The third-order valence-corrected chi connectivity index (χ3v) is 5.46. The second kappa shape index (κ2) is 7.37. The summed E-state index contributed by atoms with van der Waals surface area (Å²) in [7, 11) is -4.09. The van der Waals surface area contributed by atoms with Crippen molar-refractivity contribution in [3.05, 3.63) is 62.9 Å². The van der Waals surface area contributed by atoms with Gasteiger partial charge in [0.1, 0.15) is 18.3 Å². The third-order valence-electron chi connectivity index (χ3n) is 4.16. The maximum absolute atomic E-state index is 12.2. The molecule has 0 saturated carbocycles. The molecule has 0 bridgehead atoms. The van der Waals surface area contributed by atoms with Crippen LogP contribution >= 0.6 is 0 Å². The molecule has 2 heterocycles. The van der Waals surface area contributed by atoms with Gasteiger partial charge in [0.25, 0.3) is 15.7 Å². The Bertz CT molecular complexity index is 1030. The van der Waals surface area contributed by atoms with Crippen molar-refractivity contribution in [1.82, 2.24) is 9.55 Å². The van der Waals surface area contributed by atoms with Gasteiger partial charge in [-0.1, -0.05) is 17.7 Å². The van der Waals surface area contributed by atoms with E-state index < -0.39 is 52.5 Å². The van der Waals surface area contributed by atoms with E-state index in [0.29, 0.717) is 0 Å². The van der Waals surface area contributed by atoms with E-state index >= 15 is 0 Å². The molecule has 1 aliphatic heterocycles. The number of aromatic nitrogens is 2. The maximum Gasteiger partial charge on any atom is 0.330 e. The van der Waals surface area contributed by atoms with E-state index in [1.165, 1.54) is 12.1 Å². The normalized spacial score (nSPS) is 25.6. The number of aromatic amines is 1. The summed E-state index contributed by atoms with van der Waals surface area (Å²) < 4.78 is 35.6. The lowest BCUT2D eigenvalue weighted by Crippen LogP contribution is -2.37. The number of nitrogens with one attached hydrogen (secondary N) is 1. The summed E-state index contributed by atoms with van der Waals surface area (Å²) in [5, 5.41) is 20.2. The van der Waals surface area contributed by atoms with E-state index in [1.807, 2.05) is 4.98 Å². The van der Waals surface area contributed by atoms with Gasteiger partial charge in [-0.3, -0.25) is 18.5 Å². The summed E-state index contributed by atoms with van der Waals surface area (Å²) >= 11 is 0. The van der Waals surface area contributed by atoms with Crippen molar-refractivity contribution in [2.24, 2.45) is 0 Å². The van der Waals surface area contributed by atoms with Gasteiger partial charge in [-0.05, 0) is 19.1 Å². The molecule has 1 aromatic heterocycles. The highest BCUT2D eigenvalue weighted by Crippen LogP contribution is 2.29. The van der Waals surface area contributed by atoms with E-state index in [4.69, 9.17) is 8.92 Å². The molecule has 0 radical (unpaired) electrons. The predicted octanol–water partition coefficient (Wildman–Crippen LogP) is -1.13. The topological polar surface area (TPSA) is 148 Å². The van der Waals surface area contributed by atoms with Crippen LogP contribution in [0.15, 0.2) is 51.0 Å². The number of aliphatic hydroxyl groups is 2. The molecule has 1 saturated heterocycles. The lowest BCUT2D eigenvalue weighted by Gasteiger charge is -2.16. The Hall–Kier alpha value is -2.31. The molecule has 4 unspecified atom stereocenters. The Labute approximate surface area is 153 Å². The molecule has 4 atom stereocenters. The van der Waals surface area contributed by atoms with Gasteiger partial charge in [-0.2, -0.15) is 8.42 Å². The number of aliphatic hydroxyl groups excluding tert-OH is 2. The van der Waals surface area contributed by atoms with Crippen LogP contribution in [0.5, 0.6) is 0 Å². The number of aryl methyl sites for hydroxylation is 1. The summed E-state index contributed by atoms with van der Waals surface area (Å²) in [5.41, 5.74) is -0.596. The van der Waals surface area contributed by atoms with Crippen LogP contribution in [0.3, 0.4) is 0 Å². The van der Waals surface area contributed by atoms with Crippen LogP contribution in [0.25, 0.3) is 0 Å². The van der Waals surface area contributed by atoms with Gasteiger partial charge < -0.3 is 14.9 Å². The van der Waals surface area contributed by atoms with Crippen LogP contribution in [0.4, 0.5) is 0 Å². The quantitative estimate of drug-likeness (QED) is 0.536. The number of nitrogens with zero attached hydrogens (tertiary/aromatic N) is 1. The fourth-order valence-corrected chi connectivity index (χ4v) is 3.57. The van der Waals surface area contributed by atoms with E-state index in [1.54, 1.807) is 19.1 Å². The van der Waals surface area contributed by atoms with Crippen molar-refractivity contribution in [2.75, 3.05) is 6.61 Å². The molecule has 146 valence electrons. The molecule has 3 N–H and O–H groups in total. The van der Waals surface area contributed by atoms with E-state index in [2.05, 4.69) is 0 Å². The summed E-state index contributed by atoms with van der Waals surface area (Å²) in [6, 6.07) is 7.04. The van der Waals surface area contributed by atoms with Crippen molar-refractivity contribution in [2.45, 2.75) is 36.4 Å².